The minimum atomic E-state index is -0.631. The lowest BCUT2D eigenvalue weighted by Gasteiger charge is -2.36. The first kappa shape index (κ1) is 18.9. The van der Waals surface area contributed by atoms with Crippen LogP contribution in [0.25, 0.3) is 0 Å². The van der Waals surface area contributed by atoms with Crippen LogP contribution in [0.3, 0.4) is 0 Å². The highest BCUT2D eigenvalue weighted by molar-refractivity contribution is 5.76. The van der Waals surface area contributed by atoms with Crippen molar-refractivity contribution in [1.82, 2.24) is 9.80 Å². The third-order valence-corrected chi connectivity index (χ3v) is 4.68. The average Bonchev–Trinajstić information content (AvgIpc) is 2.53. The molecule has 1 heterocycles. The lowest BCUT2D eigenvalue weighted by molar-refractivity contribution is -0.133. The summed E-state index contributed by atoms with van der Waals surface area (Å²) < 4.78 is 13.2. The Morgan fingerprint density at radius 1 is 1.25 bits per heavy atom. The number of β-amino-alcohol motifs (C(OH)–C–C–N with tert-alkyl or cyclic N) is 1. The Morgan fingerprint density at radius 2 is 1.92 bits per heavy atom. The van der Waals surface area contributed by atoms with Crippen molar-refractivity contribution in [2.24, 2.45) is 5.92 Å². The van der Waals surface area contributed by atoms with Crippen molar-refractivity contribution >= 4 is 5.91 Å². The summed E-state index contributed by atoms with van der Waals surface area (Å²) in [5.74, 6) is 0.500. The highest BCUT2D eigenvalue weighted by Crippen LogP contribution is 2.20. The van der Waals surface area contributed by atoms with Crippen LogP contribution in [0.4, 0.5) is 4.39 Å². The summed E-state index contributed by atoms with van der Waals surface area (Å²) in [6.45, 7) is 9.55. The molecule has 0 aromatic heterocycles. The van der Waals surface area contributed by atoms with Gasteiger partial charge in [0.25, 0.3) is 0 Å². The lowest BCUT2D eigenvalue weighted by atomic mass is 10.0. The van der Waals surface area contributed by atoms with E-state index >= 15 is 0 Å². The van der Waals surface area contributed by atoms with Gasteiger partial charge in [-0.1, -0.05) is 19.9 Å². The van der Waals surface area contributed by atoms with Gasteiger partial charge in [-0.3, -0.25) is 9.69 Å². The molecule has 1 aromatic rings. The van der Waals surface area contributed by atoms with Crippen molar-refractivity contribution in [1.29, 1.82) is 0 Å². The number of rotatable bonds is 6. The van der Waals surface area contributed by atoms with Gasteiger partial charge in [0.15, 0.2) is 0 Å². The Bertz CT molecular complexity index is 554. The van der Waals surface area contributed by atoms with Gasteiger partial charge in [0.05, 0.1) is 6.10 Å². The Morgan fingerprint density at radius 3 is 2.50 bits per heavy atom. The number of aliphatic hydroxyl groups excluding tert-OH is 1. The minimum absolute atomic E-state index is 0.235. The maximum absolute atomic E-state index is 13.2. The maximum Gasteiger partial charge on any atom is 0.222 e. The van der Waals surface area contributed by atoms with Crippen molar-refractivity contribution in [3.63, 3.8) is 0 Å². The standard InChI is InChI=1S/C19H29FN2O2/c1-14(2)4-7-19(24)22-10-8-21(9-11-22)13-18(23)17-6-5-16(20)12-15(17)3/h5-6,12,14,18,23H,4,7-11,13H2,1-3H3. The van der Waals surface area contributed by atoms with Gasteiger partial charge in [-0.05, 0) is 42.5 Å². The highest BCUT2D eigenvalue weighted by atomic mass is 19.1. The van der Waals surface area contributed by atoms with Crippen LogP contribution in [0.1, 0.15) is 43.9 Å². The molecule has 1 aromatic carbocycles. The minimum Gasteiger partial charge on any atom is -0.387 e. The average molecular weight is 336 g/mol. The number of hydrogen-bond acceptors (Lipinski definition) is 3. The van der Waals surface area contributed by atoms with E-state index in [0.29, 0.717) is 32.0 Å². The number of carbonyl (C=O) groups excluding carboxylic acids is 1. The number of halogens is 1. The van der Waals surface area contributed by atoms with Gasteiger partial charge in [0.1, 0.15) is 5.82 Å². The summed E-state index contributed by atoms with van der Waals surface area (Å²) in [6, 6.07) is 4.49. The summed E-state index contributed by atoms with van der Waals surface area (Å²) in [4.78, 5) is 16.2. The number of benzene rings is 1. The first-order valence-electron chi connectivity index (χ1n) is 8.81. The number of aryl methyl sites for hydroxylation is 1. The molecule has 4 nitrogen and oxygen atoms in total. The quantitative estimate of drug-likeness (QED) is 0.869. The van der Waals surface area contributed by atoms with Crippen LogP contribution in [0.15, 0.2) is 18.2 Å². The van der Waals surface area contributed by atoms with Crippen LogP contribution in [0, 0.1) is 18.7 Å². The van der Waals surface area contributed by atoms with Crippen molar-refractivity contribution in [3.8, 4) is 0 Å². The second-order valence-corrected chi connectivity index (χ2v) is 7.13. The van der Waals surface area contributed by atoms with Gasteiger partial charge >= 0.3 is 0 Å². The molecule has 1 fully saturated rings. The summed E-state index contributed by atoms with van der Waals surface area (Å²) in [5, 5.41) is 10.4. The number of carbonyl (C=O) groups is 1. The van der Waals surface area contributed by atoms with Crippen LogP contribution in [0.5, 0.6) is 0 Å². The summed E-state index contributed by atoms with van der Waals surface area (Å²) in [5.41, 5.74) is 1.54. The van der Waals surface area contributed by atoms with Gasteiger partial charge in [-0.15, -0.1) is 0 Å². The zero-order valence-electron chi connectivity index (χ0n) is 15.0. The fourth-order valence-corrected chi connectivity index (χ4v) is 3.11. The molecule has 1 amide bonds. The third-order valence-electron chi connectivity index (χ3n) is 4.68. The van der Waals surface area contributed by atoms with Gasteiger partial charge in [-0.25, -0.2) is 4.39 Å². The van der Waals surface area contributed by atoms with E-state index in [1.165, 1.54) is 12.1 Å². The highest BCUT2D eigenvalue weighted by Gasteiger charge is 2.23. The largest absolute Gasteiger partial charge is 0.387 e. The van der Waals surface area contributed by atoms with Gasteiger partial charge in [-0.2, -0.15) is 0 Å². The molecule has 1 N–H and O–H groups in total. The molecular weight excluding hydrogens is 307 g/mol. The maximum atomic E-state index is 13.2. The van der Waals surface area contributed by atoms with Gasteiger partial charge in [0, 0.05) is 39.1 Å². The first-order valence-corrected chi connectivity index (χ1v) is 8.81. The predicted octanol–water partition coefficient (Wildman–Crippen LogP) is 2.75. The Labute approximate surface area is 144 Å². The Kier molecular flexibility index (Phi) is 6.75. The summed E-state index contributed by atoms with van der Waals surface area (Å²) >= 11 is 0. The number of amides is 1. The normalized spacial score (nSPS) is 17.3. The van der Waals surface area contributed by atoms with Crippen LogP contribution in [-0.2, 0) is 4.79 Å². The monoisotopic (exact) mass is 336 g/mol. The molecule has 0 bridgehead atoms. The summed E-state index contributed by atoms with van der Waals surface area (Å²) in [6.07, 6.45) is 0.922. The smallest absolute Gasteiger partial charge is 0.222 e. The molecule has 24 heavy (non-hydrogen) atoms. The molecule has 5 heteroatoms. The molecule has 134 valence electrons. The molecule has 1 unspecified atom stereocenters. The zero-order valence-corrected chi connectivity index (χ0v) is 15.0. The summed E-state index contributed by atoms with van der Waals surface area (Å²) in [7, 11) is 0. The zero-order chi connectivity index (χ0) is 17.7. The van der Waals surface area contributed by atoms with Crippen molar-refractivity contribution in [2.75, 3.05) is 32.7 Å². The molecular formula is C19H29FN2O2. The Hall–Kier alpha value is -1.46. The van der Waals surface area contributed by atoms with E-state index in [1.54, 1.807) is 6.07 Å². The molecule has 1 aliphatic heterocycles. The van der Waals surface area contributed by atoms with Crippen LogP contribution in [-0.4, -0.2) is 53.5 Å². The van der Waals surface area contributed by atoms with Crippen molar-refractivity contribution in [2.45, 2.75) is 39.7 Å². The second-order valence-electron chi connectivity index (χ2n) is 7.13. The number of aliphatic hydroxyl groups is 1. The van der Waals surface area contributed by atoms with Gasteiger partial charge < -0.3 is 10.0 Å². The second kappa shape index (κ2) is 8.58. The lowest BCUT2D eigenvalue weighted by Crippen LogP contribution is -2.49. The third kappa shape index (κ3) is 5.28. The van der Waals surface area contributed by atoms with Crippen LogP contribution >= 0.6 is 0 Å². The van der Waals surface area contributed by atoms with Crippen molar-refractivity contribution in [3.05, 3.63) is 35.1 Å². The van der Waals surface area contributed by atoms with Crippen LogP contribution < -0.4 is 0 Å². The van der Waals surface area contributed by atoms with Gasteiger partial charge in [0.2, 0.25) is 5.91 Å². The molecule has 0 spiro atoms. The fourth-order valence-electron chi connectivity index (χ4n) is 3.11. The van der Waals surface area contributed by atoms with E-state index in [0.717, 1.165) is 30.6 Å². The molecule has 0 radical (unpaired) electrons. The van der Waals surface area contributed by atoms with Crippen LogP contribution in [0.2, 0.25) is 0 Å². The molecule has 0 saturated carbocycles. The first-order chi connectivity index (χ1) is 11.4. The molecule has 1 aliphatic rings. The number of hydrogen-bond donors (Lipinski definition) is 1. The number of piperazine rings is 1. The Balaban J connectivity index is 1.81. The SMILES string of the molecule is Cc1cc(F)ccc1C(O)CN1CCN(C(=O)CCC(C)C)CC1. The molecule has 0 aliphatic carbocycles. The predicted molar refractivity (Wildman–Crippen MR) is 93.2 cm³/mol. The van der Waals surface area contributed by atoms with E-state index in [1.807, 2.05) is 11.8 Å². The van der Waals surface area contributed by atoms with E-state index in [2.05, 4.69) is 18.7 Å². The van der Waals surface area contributed by atoms with Crippen molar-refractivity contribution < 1.29 is 14.3 Å². The topological polar surface area (TPSA) is 43.8 Å². The van der Waals surface area contributed by atoms with E-state index in [4.69, 9.17) is 0 Å². The molecule has 1 atom stereocenters. The van der Waals surface area contributed by atoms with E-state index in [9.17, 15) is 14.3 Å². The molecule has 1 saturated heterocycles. The van der Waals surface area contributed by atoms with E-state index in [-0.39, 0.29) is 11.7 Å². The molecule has 2 rings (SSSR count). The fraction of sp³-hybridized carbons (Fsp3) is 0.632. The van der Waals surface area contributed by atoms with E-state index < -0.39 is 6.10 Å². The number of nitrogens with zero attached hydrogens (tertiary/aromatic N) is 2.